The normalized spacial score (nSPS) is 22.9. The minimum absolute atomic E-state index is 0.307. The molecule has 2 rings (SSSR count). The zero-order chi connectivity index (χ0) is 14.5. The summed E-state index contributed by atoms with van der Waals surface area (Å²) in [5.74, 6) is 3.50. The van der Waals surface area contributed by atoms with Gasteiger partial charge in [-0.15, -0.1) is 0 Å². The monoisotopic (exact) mass is 277 g/mol. The largest absolute Gasteiger partial charge is 0.474 e. The van der Waals surface area contributed by atoms with Crippen LogP contribution in [0.2, 0.25) is 0 Å². The van der Waals surface area contributed by atoms with Crippen LogP contribution in [0, 0.1) is 5.92 Å². The molecule has 0 radical (unpaired) electrons. The lowest BCUT2D eigenvalue weighted by molar-refractivity contribution is 0.123. The zero-order valence-corrected chi connectivity index (χ0v) is 13.1. The van der Waals surface area contributed by atoms with Crippen molar-refractivity contribution in [3.63, 3.8) is 0 Å². The van der Waals surface area contributed by atoms with E-state index in [4.69, 9.17) is 4.74 Å². The molecule has 112 valence electrons. The van der Waals surface area contributed by atoms with Gasteiger partial charge in [0.25, 0.3) is 0 Å². The van der Waals surface area contributed by atoms with Gasteiger partial charge in [-0.2, -0.15) is 4.98 Å². The molecule has 4 nitrogen and oxygen atoms in total. The number of aromatic nitrogens is 2. The van der Waals surface area contributed by atoms with Crippen LogP contribution < -0.4 is 10.1 Å². The van der Waals surface area contributed by atoms with Crippen molar-refractivity contribution in [1.29, 1.82) is 0 Å². The highest BCUT2D eigenvalue weighted by Crippen LogP contribution is 2.28. The highest BCUT2D eigenvalue weighted by atomic mass is 16.5. The Balaban J connectivity index is 2.12. The maximum atomic E-state index is 6.11. The summed E-state index contributed by atoms with van der Waals surface area (Å²) in [4.78, 5) is 9.09. The fraction of sp³-hybridized carbons (Fsp3) is 0.750. The molecule has 0 aliphatic heterocycles. The molecule has 20 heavy (non-hydrogen) atoms. The lowest BCUT2D eigenvalue weighted by atomic mass is 9.89. The summed E-state index contributed by atoms with van der Waals surface area (Å²) in [7, 11) is 0. The van der Waals surface area contributed by atoms with Gasteiger partial charge in [0, 0.05) is 18.5 Å². The summed E-state index contributed by atoms with van der Waals surface area (Å²) in [6, 6.07) is 1.93. The van der Waals surface area contributed by atoms with Crippen LogP contribution in [-0.4, -0.2) is 22.6 Å². The quantitative estimate of drug-likeness (QED) is 0.884. The minimum Gasteiger partial charge on any atom is -0.474 e. The van der Waals surface area contributed by atoms with Crippen LogP contribution in [-0.2, 0) is 0 Å². The second-order valence-electron chi connectivity index (χ2n) is 6.15. The van der Waals surface area contributed by atoms with Gasteiger partial charge in [-0.05, 0) is 32.1 Å². The summed E-state index contributed by atoms with van der Waals surface area (Å²) in [6.07, 6.45) is 5.17. The van der Waals surface area contributed by atoms with Crippen molar-refractivity contribution in [2.75, 3.05) is 11.9 Å². The van der Waals surface area contributed by atoms with E-state index >= 15 is 0 Å². The Bertz CT molecular complexity index is 434. The van der Waals surface area contributed by atoms with Crippen molar-refractivity contribution in [3.05, 3.63) is 11.9 Å². The van der Waals surface area contributed by atoms with Gasteiger partial charge in [-0.3, -0.25) is 0 Å². The Morgan fingerprint density at radius 3 is 2.80 bits per heavy atom. The second-order valence-corrected chi connectivity index (χ2v) is 6.15. The molecule has 1 saturated carbocycles. The third kappa shape index (κ3) is 4.09. The Morgan fingerprint density at radius 1 is 1.35 bits per heavy atom. The number of nitrogens with zero attached hydrogens (tertiary/aromatic N) is 2. The number of nitrogens with one attached hydrogen (secondary N) is 1. The summed E-state index contributed by atoms with van der Waals surface area (Å²) in [5.41, 5.74) is 0. The molecule has 1 aromatic heterocycles. The van der Waals surface area contributed by atoms with Crippen LogP contribution in [0.4, 0.5) is 5.82 Å². The van der Waals surface area contributed by atoms with E-state index < -0.39 is 0 Å². The molecule has 1 N–H and O–H groups in total. The van der Waals surface area contributed by atoms with E-state index in [-0.39, 0.29) is 0 Å². The predicted octanol–water partition coefficient (Wildman–Crippen LogP) is 3.99. The molecule has 0 spiro atoms. The number of rotatable bonds is 5. The van der Waals surface area contributed by atoms with Crippen molar-refractivity contribution in [1.82, 2.24) is 9.97 Å². The molecule has 1 heterocycles. The number of anilines is 1. The van der Waals surface area contributed by atoms with Crippen LogP contribution in [0.15, 0.2) is 6.07 Å². The van der Waals surface area contributed by atoms with E-state index in [1.807, 2.05) is 6.07 Å². The average molecular weight is 277 g/mol. The van der Waals surface area contributed by atoms with E-state index in [9.17, 15) is 0 Å². The van der Waals surface area contributed by atoms with E-state index in [0.717, 1.165) is 42.8 Å². The van der Waals surface area contributed by atoms with Gasteiger partial charge in [-0.1, -0.05) is 27.2 Å². The van der Waals surface area contributed by atoms with Crippen molar-refractivity contribution < 1.29 is 4.74 Å². The maximum Gasteiger partial charge on any atom is 0.219 e. The van der Waals surface area contributed by atoms with Crippen LogP contribution >= 0.6 is 0 Å². The van der Waals surface area contributed by atoms with Crippen molar-refractivity contribution in [3.8, 4) is 5.88 Å². The van der Waals surface area contributed by atoms with Gasteiger partial charge in [0.05, 0.1) is 0 Å². The third-order valence-corrected chi connectivity index (χ3v) is 3.77. The maximum absolute atomic E-state index is 6.11. The molecule has 2 unspecified atom stereocenters. The standard InChI is InChI=1S/C16H27N3O/c1-5-17-14-10-15(19-16(18-14)11(2)3)20-13-8-6-7-12(4)9-13/h10-13H,5-9H2,1-4H3,(H,17,18,19). The summed E-state index contributed by atoms with van der Waals surface area (Å²) in [5, 5.41) is 3.26. The first kappa shape index (κ1) is 15.1. The zero-order valence-electron chi connectivity index (χ0n) is 13.1. The fourth-order valence-corrected chi connectivity index (χ4v) is 2.69. The van der Waals surface area contributed by atoms with Crippen LogP contribution in [0.25, 0.3) is 0 Å². The molecule has 0 amide bonds. The molecule has 2 atom stereocenters. The van der Waals surface area contributed by atoms with E-state index in [1.165, 1.54) is 12.8 Å². The summed E-state index contributed by atoms with van der Waals surface area (Å²) < 4.78 is 6.11. The molecule has 0 saturated heterocycles. The highest BCUT2D eigenvalue weighted by molar-refractivity contribution is 5.38. The first-order valence-corrected chi connectivity index (χ1v) is 7.88. The van der Waals surface area contributed by atoms with E-state index in [1.54, 1.807) is 0 Å². The molecular formula is C16H27N3O. The first-order valence-electron chi connectivity index (χ1n) is 7.88. The summed E-state index contributed by atoms with van der Waals surface area (Å²) >= 11 is 0. The Morgan fingerprint density at radius 2 is 2.15 bits per heavy atom. The van der Waals surface area contributed by atoms with Gasteiger partial charge >= 0.3 is 0 Å². The van der Waals surface area contributed by atoms with Crippen LogP contribution in [0.3, 0.4) is 0 Å². The van der Waals surface area contributed by atoms with Crippen LogP contribution in [0.1, 0.15) is 65.1 Å². The van der Waals surface area contributed by atoms with Gasteiger partial charge in [-0.25, -0.2) is 4.98 Å². The van der Waals surface area contributed by atoms with Gasteiger partial charge in [0.2, 0.25) is 5.88 Å². The molecule has 0 aromatic carbocycles. The van der Waals surface area contributed by atoms with E-state index in [0.29, 0.717) is 12.0 Å². The van der Waals surface area contributed by atoms with Crippen molar-refractivity contribution in [2.45, 2.75) is 65.4 Å². The van der Waals surface area contributed by atoms with Crippen molar-refractivity contribution >= 4 is 5.82 Å². The van der Waals surface area contributed by atoms with Gasteiger partial charge < -0.3 is 10.1 Å². The molecule has 1 aliphatic rings. The Kier molecular flexibility index (Phi) is 5.21. The van der Waals surface area contributed by atoms with Crippen molar-refractivity contribution in [2.24, 2.45) is 5.92 Å². The molecule has 0 bridgehead atoms. The Labute approximate surface area is 122 Å². The average Bonchev–Trinajstić information content (AvgIpc) is 2.38. The number of hydrogen-bond acceptors (Lipinski definition) is 4. The molecule has 1 aromatic rings. The molecular weight excluding hydrogens is 250 g/mol. The smallest absolute Gasteiger partial charge is 0.219 e. The minimum atomic E-state index is 0.307. The Hall–Kier alpha value is -1.32. The third-order valence-electron chi connectivity index (χ3n) is 3.77. The summed E-state index contributed by atoms with van der Waals surface area (Å²) in [6.45, 7) is 9.45. The highest BCUT2D eigenvalue weighted by Gasteiger charge is 2.21. The molecule has 1 fully saturated rings. The molecule has 1 aliphatic carbocycles. The SMILES string of the molecule is CCNc1cc(OC2CCCC(C)C2)nc(C(C)C)n1. The van der Waals surface area contributed by atoms with Crippen LogP contribution in [0.5, 0.6) is 5.88 Å². The van der Waals surface area contributed by atoms with Gasteiger partial charge in [0.1, 0.15) is 17.7 Å². The fourth-order valence-electron chi connectivity index (χ4n) is 2.69. The number of ether oxygens (including phenoxy) is 1. The number of hydrogen-bond donors (Lipinski definition) is 1. The second kappa shape index (κ2) is 6.91. The first-order chi connectivity index (χ1) is 9.58. The van der Waals surface area contributed by atoms with Gasteiger partial charge in [0.15, 0.2) is 0 Å². The topological polar surface area (TPSA) is 47.0 Å². The lowest BCUT2D eigenvalue weighted by Gasteiger charge is -2.27. The lowest BCUT2D eigenvalue weighted by Crippen LogP contribution is -2.24. The molecule has 4 heteroatoms. The predicted molar refractivity (Wildman–Crippen MR) is 82.3 cm³/mol. The van der Waals surface area contributed by atoms with E-state index in [2.05, 4.69) is 43.0 Å².